The highest BCUT2D eigenvalue weighted by atomic mass is 35.5. The minimum atomic E-state index is -4.64. The van der Waals surface area contributed by atoms with E-state index in [0.717, 1.165) is 19.2 Å². The molecule has 4 rings (SSSR count). The van der Waals surface area contributed by atoms with Gasteiger partial charge in [-0.15, -0.1) is 0 Å². The van der Waals surface area contributed by atoms with Crippen LogP contribution in [0.2, 0.25) is 5.02 Å². The quantitative estimate of drug-likeness (QED) is 0.431. The van der Waals surface area contributed by atoms with E-state index in [4.69, 9.17) is 16.1 Å². The summed E-state index contributed by atoms with van der Waals surface area (Å²) in [7, 11) is 0.905. The molecule has 0 spiro atoms. The maximum atomic E-state index is 13.5. The predicted octanol–water partition coefficient (Wildman–Crippen LogP) is 4.76. The van der Waals surface area contributed by atoms with Crippen LogP contribution in [-0.2, 0) is 16.8 Å². The van der Waals surface area contributed by atoms with Crippen molar-refractivity contribution in [3.05, 3.63) is 52.2 Å². The van der Waals surface area contributed by atoms with Crippen molar-refractivity contribution < 1.29 is 35.7 Å². The van der Waals surface area contributed by atoms with Crippen LogP contribution in [0.1, 0.15) is 36.3 Å². The van der Waals surface area contributed by atoms with Gasteiger partial charge in [-0.25, -0.2) is 13.2 Å². The number of likely N-dealkylation sites (N-methyl/N-ethyl adjacent to an activating group) is 1. The summed E-state index contributed by atoms with van der Waals surface area (Å²) >= 11 is 6.17. The summed E-state index contributed by atoms with van der Waals surface area (Å²) in [4.78, 5) is 16.7. The molecule has 1 aromatic carbocycles. The summed E-state index contributed by atoms with van der Waals surface area (Å²) in [6, 6.07) is 4.82. The van der Waals surface area contributed by atoms with Crippen LogP contribution >= 0.6 is 11.6 Å². The van der Waals surface area contributed by atoms with Gasteiger partial charge in [0.2, 0.25) is 5.91 Å². The molecule has 0 N–H and O–H groups in total. The van der Waals surface area contributed by atoms with E-state index in [0.29, 0.717) is 28.0 Å². The zero-order chi connectivity index (χ0) is 24.8. The summed E-state index contributed by atoms with van der Waals surface area (Å²) in [6.45, 7) is -2.38. The molecule has 0 unspecified atom stereocenters. The van der Waals surface area contributed by atoms with E-state index in [1.54, 1.807) is 0 Å². The molecule has 14 heteroatoms. The Hall–Kier alpha value is -3.09. The number of amides is 1. The third kappa shape index (κ3) is 4.74. The molecule has 1 fully saturated rings. The molecule has 0 radical (unpaired) electrons. The lowest BCUT2D eigenvalue weighted by molar-refractivity contribution is -0.158. The average Bonchev–Trinajstić information content (AvgIpc) is 3.17. The Morgan fingerprint density at radius 2 is 2.00 bits per heavy atom. The minimum absolute atomic E-state index is 0.176. The van der Waals surface area contributed by atoms with Gasteiger partial charge in [0.15, 0.2) is 11.5 Å². The maximum absolute atomic E-state index is 13.5. The third-order valence-corrected chi connectivity index (χ3v) is 5.74. The van der Waals surface area contributed by atoms with Crippen LogP contribution in [0.5, 0.6) is 0 Å². The molecule has 2 aromatic heterocycles. The first-order valence-electron chi connectivity index (χ1n) is 9.86. The molecular weight excluding hydrogens is 492 g/mol. The summed E-state index contributed by atoms with van der Waals surface area (Å²) in [6.07, 6.45) is -6.53. The average molecular weight is 508 g/mol. The molecule has 1 aliphatic rings. The van der Waals surface area contributed by atoms with E-state index in [2.05, 4.69) is 15.2 Å². The van der Waals surface area contributed by atoms with Crippen LogP contribution in [0.25, 0.3) is 11.6 Å². The lowest BCUT2D eigenvalue weighted by atomic mass is 9.95. The van der Waals surface area contributed by atoms with Gasteiger partial charge in [-0.3, -0.25) is 9.48 Å². The highest BCUT2D eigenvalue weighted by Crippen LogP contribution is 2.54. The summed E-state index contributed by atoms with van der Waals surface area (Å²) in [5, 5.41) is 7.95. The maximum Gasteiger partial charge on any atom is 0.406 e. The van der Waals surface area contributed by atoms with E-state index in [1.807, 2.05) is 0 Å². The van der Waals surface area contributed by atoms with Crippen LogP contribution < -0.4 is 0 Å². The largest absolute Gasteiger partial charge is 0.406 e. The molecule has 0 saturated heterocycles. The van der Waals surface area contributed by atoms with Crippen LogP contribution in [0.4, 0.5) is 26.3 Å². The number of aromatic nitrogens is 4. The van der Waals surface area contributed by atoms with E-state index >= 15 is 0 Å². The molecule has 7 nitrogen and oxygen atoms in total. The number of rotatable bonds is 7. The fraction of sp³-hybridized carbons (Fsp3) is 0.400. The number of benzene rings is 1. The third-order valence-electron chi connectivity index (χ3n) is 5.43. The molecule has 0 aliphatic heterocycles. The fourth-order valence-corrected chi connectivity index (χ4v) is 3.93. The SMILES string of the molecule is CN(CC(F)(F)F)C(=O)Cn1nc(-c2nc(C3(c4ccc(F)cc4Cl)CC3)no2)cc1C(F)F. The second-order valence-corrected chi connectivity index (χ2v) is 8.31. The predicted molar refractivity (Wildman–Crippen MR) is 106 cm³/mol. The van der Waals surface area contributed by atoms with Gasteiger partial charge in [0.05, 0.1) is 5.41 Å². The first kappa shape index (κ1) is 24.0. The highest BCUT2D eigenvalue weighted by Gasteiger charge is 2.51. The van der Waals surface area contributed by atoms with Crippen LogP contribution in [0.15, 0.2) is 28.8 Å². The van der Waals surface area contributed by atoms with E-state index in [1.165, 1.54) is 12.1 Å². The number of halogens is 7. The van der Waals surface area contributed by atoms with Crippen molar-refractivity contribution in [1.82, 2.24) is 24.8 Å². The molecule has 1 saturated carbocycles. The van der Waals surface area contributed by atoms with Gasteiger partial charge in [-0.05, 0) is 36.6 Å². The molecular formula is C20H16ClF6N5O2. The summed E-state index contributed by atoms with van der Waals surface area (Å²) in [5.41, 5.74) is -1.02. The van der Waals surface area contributed by atoms with Gasteiger partial charge in [-0.2, -0.15) is 23.3 Å². The Kier molecular flexibility index (Phi) is 6.08. The second-order valence-electron chi connectivity index (χ2n) is 7.91. The zero-order valence-corrected chi connectivity index (χ0v) is 18.2. The molecule has 34 heavy (non-hydrogen) atoms. The Bertz CT molecular complexity index is 1220. The van der Waals surface area contributed by atoms with Gasteiger partial charge in [0, 0.05) is 12.1 Å². The summed E-state index contributed by atoms with van der Waals surface area (Å²) < 4.78 is 83.8. The molecule has 2 heterocycles. The minimum Gasteiger partial charge on any atom is -0.335 e. The number of alkyl halides is 5. The zero-order valence-electron chi connectivity index (χ0n) is 17.4. The fourth-order valence-electron chi connectivity index (χ4n) is 3.58. The van der Waals surface area contributed by atoms with Crippen molar-refractivity contribution in [2.45, 2.75) is 37.4 Å². The Balaban J connectivity index is 1.60. The lowest BCUT2D eigenvalue weighted by Crippen LogP contribution is -2.38. The molecule has 1 aliphatic carbocycles. The first-order valence-corrected chi connectivity index (χ1v) is 10.2. The molecule has 3 aromatic rings. The number of nitrogens with zero attached hydrogens (tertiary/aromatic N) is 5. The van der Waals surface area contributed by atoms with Gasteiger partial charge in [0.25, 0.3) is 12.3 Å². The van der Waals surface area contributed by atoms with Gasteiger partial charge < -0.3 is 9.42 Å². The van der Waals surface area contributed by atoms with Crippen molar-refractivity contribution in [1.29, 1.82) is 0 Å². The number of hydrogen-bond acceptors (Lipinski definition) is 5. The smallest absolute Gasteiger partial charge is 0.335 e. The molecule has 0 bridgehead atoms. The standard InChI is InChI=1S/C20H16ClF6N5O2/c1-31(9-20(25,26)27)15(33)8-32-14(16(23)24)7-13(29-32)17-28-18(30-34-17)19(4-5-19)11-3-2-10(22)6-12(11)21/h2-3,6-7,16H,4-5,8-9H2,1H3. The number of hydrogen-bond donors (Lipinski definition) is 0. The van der Waals surface area contributed by atoms with Crippen LogP contribution in [0.3, 0.4) is 0 Å². The Morgan fingerprint density at radius 3 is 2.59 bits per heavy atom. The second kappa shape index (κ2) is 8.60. The van der Waals surface area contributed by atoms with Crippen molar-refractivity contribution in [3.8, 4) is 11.6 Å². The van der Waals surface area contributed by atoms with Gasteiger partial charge in [-0.1, -0.05) is 22.8 Å². The Morgan fingerprint density at radius 1 is 1.29 bits per heavy atom. The topological polar surface area (TPSA) is 77.1 Å². The van der Waals surface area contributed by atoms with Crippen molar-refractivity contribution in [2.75, 3.05) is 13.6 Å². The van der Waals surface area contributed by atoms with E-state index < -0.39 is 48.5 Å². The summed E-state index contributed by atoms with van der Waals surface area (Å²) in [5.74, 6) is -1.61. The van der Waals surface area contributed by atoms with Gasteiger partial charge in [0.1, 0.15) is 24.6 Å². The normalized spacial score (nSPS) is 15.1. The van der Waals surface area contributed by atoms with E-state index in [9.17, 15) is 31.1 Å². The first-order chi connectivity index (χ1) is 15.9. The van der Waals surface area contributed by atoms with Crippen LogP contribution in [0, 0.1) is 5.82 Å². The number of carbonyl (C=O) groups is 1. The highest BCUT2D eigenvalue weighted by molar-refractivity contribution is 6.31. The van der Waals surface area contributed by atoms with Crippen LogP contribution in [-0.4, -0.2) is 50.5 Å². The van der Waals surface area contributed by atoms with Crippen molar-refractivity contribution >= 4 is 17.5 Å². The monoisotopic (exact) mass is 507 g/mol. The van der Waals surface area contributed by atoms with E-state index in [-0.39, 0.29) is 22.4 Å². The number of carbonyl (C=O) groups excluding carboxylic acids is 1. The van der Waals surface area contributed by atoms with Crippen molar-refractivity contribution in [2.24, 2.45) is 0 Å². The van der Waals surface area contributed by atoms with Crippen molar-refractivity contribution in [3.63, 3.8) is 0 Å². The lowest BCUT2D eigenvalue weighted by Gasteiger charge is -2.19. The molecule has 1 amide bonds. The molecule has 182 valence electrons. The van der Waals surface area contributed by atoms with Gasteiger partial charge >= 0.3 is 6.18 Å². The molecule has 0 atom stereocenters. The Labute approximate surface area is 193 Å².